The van der Waals surface area contributed by atoms with Crippen LogP contribution in [0, 0.1) is 12.7 Å². The maximum absolute atomic E-state index is 14.0. The number of halogens is 3. The minimum Gasteiger partial charge on any atom is -0.364 e. The predicted octanol–water partition coefficient (Wildman–Crippen LogP) is 3.12. The standard InChI is InChI=1S/C23H26FN5O.2ClH/c1-16-21(18-7-8-20(24)19(13-18)14-25)27-29(15-17-5-3-2-4-6-17)23(30)22(16)28-11-9-26-10-12-28;;/h2-8,13,26H,9-12,14-15,25H2,1H3;2*1H. The van der Waals surface area contributed by atoms with Gasteiger partial charge in [-0.3, -0.25) is 4.79 Å². The molecule has 2 aromatic carbocycles. The Balaban J connectivity index is 0.00000181. The van der Waals surface area contributed by atoms with E-state index in [1.807, 2.05) is 37.3 Å². The second-order valence-electron chi connectivity index (χ2n) is 7.52. The SMILES string of the molecule is Cc1c(-c2ccc(F)c(CN)c2)nn(Cc2ccccc2)c(=O)c1N1CCNCC1.Cl.Cl. The third-order valence-electron chi connectivity index (χ3n) is 5.52. The molecule has 1 aliphatic heterocycles. The summed E-state index contributed by atoms with van der Waals surface area (Å²) in [5, 5.41) is 8.02. The zero-order valence-corrected chi connectivity index (χ0v) is 19.5. The van der Waals surface area contributed by atoms with Crippen LogP contribution in [0.2, 0.25) is 0 Å². The van der Waals surface area contributed by atoms with Crippen LogP contribution in [0.25, 0.3) is 11.3 Å². The summed E-state index contributed by atoms with van der Waals surface area (Å²) in [6, 6.07) is 14.6. The first kappa shape index (κ1) is 25.8. The van der Waals surface area contributed by atoms with Crippen molar-refractivity contribution in [1.82, 2.24) is 15.1 Å². The Morgan fingerprint density at radius 3 is 2.44 bits per heavy atom. The number of rotatable bonds is 5. The van der Waals surface area contributed by atoms with Crippen molar-refractivity contribution in [3.05, 3.63) is 81.4 Å². The van der Waals surface area contributed by atoms with Crippen LogP contribution in [0.4, 0.5) is 10.1 Å². The van der Waals surface area contributed by atoms with Gasteiger partial charge in [-0.15, -0.1) is 24.8 Å². The van der Waals surface area contributed by atoms with Gasteiger partial charge in [-0.1, -0.05) is 30.3 Å². The van der Waals surface area contributed by atoms with Crippen molar-refractivity contribution in [3.8, 4) is 11.3 Å². The Hall–Kier alpha value is -2.45. The van der Waals surface area contributed by atoms with Gasteiger partial charge in [0.15, 0.2) is 0 Å². The molecule has 3 aromatic rings. The molecule has 32 heavy (non-hydrogen) atoms. The number of piperazine rings is 1. The number of nitrogens with zero attached hydrogens (tertiary/aromatic N) is 3. The highest BCUT2D eigenvalue weighted by molar-refractivity contribution is 5.85. The average Bonchev–Trinajstić information content (AvgIpc) is 2.78. The van der Waals surface area contributed by atoms with E-state index in [4.69, 9.17) is 10.8 Å². The third kappa shape index (κ3) is 5.30. The molecule has 0 unspecified atom stereocenters. The molecule has 1 aliphatic rings. The first-order chi connectivity index (χ1) is 14.6. The van der Waals surface area contributed by atoms with Gasteiger partial charge in [-0.05, 0) is 30.7 Å². The molecule has 172 valence electrons. The van der Waals surface area contributed by atoms with E-state index in [2.05, 4.69) is 10.2 Å². The lowest BCUT2D eigenvalue weighted by molar-refractivity contribution is 0.575. The topological polar surface area (TPSA) is 76.2 Å². The monoisotopic (exact) mass is 479 g/mol. The highest BCUT2D eigenvalue weighted by Crippen LogP contribution is 2.28. The molecule has 1 saturated heterocycles. The van der Waals surface area contributed by atoms with Crippen molar-refractivity contribution in [1.29, 1.82) is 0 Å². The molecule has 6 nitrogen and oxygen atoms in total. The first-order valence-electron chi connectivity index (χ1n) is 10.2. The molecule has 0 amide bonds. The highest BCUT2D eigenvalue weighted by Gasteiger charge is 2.22. The number of hydrogen-bond acceptors (Lipinski definition) is 5. The summed E-state index contributed by atoms with van der Waals surface area (Å²) < 4.78 is 15.5. The van der Waals surface area contributed by atoms with E-state index in [1.54, 1.807) is 12.1 Å². The molecule has 0 spiro atoms. The maximum Gasteiger partial charge on any atom is 0.290 e. The summed E-state index contributed by atoms with van der Waals surface area (Å²) in [7, 11) is 0. The van der Waals surface area contributed by atoms with Crippen molar-refractivity contribution in [2.45, 2.75) is 20.0 Å². The third-order valence-corrected chi connectivity index (χ3v) is 5.52. The van der Waals surface area contributed by atoms with Gasteiger partial charge in [0.05, 0.1) is 12.2 Å². The second kappa shape index (κ2) is 11.4. The quantitative estimate of drug-likeness (QED) is 0.587. The number of nitrogens with one attached hydrogen (secondary N) is 1. The molecule has 0 saturated carbocycles. The summed E-state index contributed by atoms with van der Waals surface area (Å²) in [5.74, 6) is -0.334. The number of benzene rings is 2. The lowest BCUT2D eigenvalue weighted by Crippen LogP contribution is -2.46. The summed E-state index contributed by atoms with van der Waals surface area (Å²) >= 11 is 0. The molecule has 2 heterocycles. The molecule has 9 heteroatoms. The van der Waals surface area contributed by atoms with Crippen molar-refractivity contribution in [3.63, 3.8) is 0 Å². The van der Waals surface area contributed by atoms with Gasteiger partial charge >= 0.3 is 0 Å². The van der Waals surface area contributed by atoms with Gasteiger partial charge < -0.3 is 16.0 Å². The van der Waals surface area contributed by atoms with E-state index in [0.29, 0.717) is 23.5 Å². The fourth-order valence-electron chi connectivity index (χ4n) is 3.91. The Bertz CT molecular complexity index is 1100. The minimum absolute atomic E-state index is 0. The molecular weight excluding hydrogens is 452 g/mol. The van der Waals surface area contributed by atoms with Crippen LogP contribution < -0.4 is 21.5 Å². The maximum atomic E-state index is 14.0. The van der Waals surface area contributed by atoms with Crippen LogP contribution in [0.5, 0.6) is 0 Å². The molecule has 0 atom stereocenters. The Morgan fingerprint density at radius 1 is 1.09 bits per heavy atom. The van der Waals surface area contributed by atoms with Crippen LogP contribution in [0.3, 0.4) is 0 Å². The van der Waals surface area contributed by atoms with Crippen molar-refractivity contribution in [2.75, 3.05) is 31.1 Å². The van der Waals surface area contributed by atoms with Crippen LogP contribution in [-0.4, -0.2) is 36.0 Å². The lowest BCUT2D eigenvalue weighted by atomic mass is 10.0. The van der Waals surface area contributed by atoms with Gasteiger partial charge in [0.25, 0.3) is 5.56 Å². The first-order valence-corrected chi connectivity index (χ1v) is 10.2. The Kier molecular flexibility index (Phi) is 9.21. The Morgan fingerprint density at radius 2 is 1.78 bits per heavy atom. The van der Waals surface area contributed by atoms with E-state index < -0.39 is 0 Å². The van der Waals surface area contributed by atoms with Crippen LogP contribution >= 0.6 is 24.8 Å². The lowest BCUT2D eigenvalue weighted by Gasteiger charge is -2.31. The molecular formula is C23H28Cl2FN5O. The van der Waals surface area contributed by atoms with Crippen LogP contribution in [0.1, 0.15) is 16.7 Å². The van der Waals surface area contributed by atoms with Crippen molar-refractivity contribution in [2.24, 2.45) is 5.73 Å². The number of aromatic nitrogens is 2. The molecule has 0 bridgehead atoms. The van der Waals surface area contributed by atoms with E-state index in [1.165, 1.54) is 10.7 Å². The van der Waals surface area contributed by atoms with Gasteiger partial charge in [-0.2, -0.15) is 5.10 Å². The van der Waals surface area contributed by atoms with E-state index >= 15 is 0 Å². The summed E-state index contributed by atoms with van der Waals surface area (Å²) in [5.41, 5.74) is 9.92. The van der Waals surface area contributed by atoms with Crippen molar-refractivity contribution >= 4 is 30.5 Å². The van der Waals surface area contributed by atoms with E-state index in [0.717, 1.165) is 42.9 Å². The van der Waals surface area contributed by atoms with Crippen molar-refractivity contribution < 1.29 is 4.39 Å². The zero-order valence-electron chi connectivity index (χ0n) is 17.9. The molecule has 0 radical (unpaired) electrons. The summed E-state index contributed by atoms with van der Waals surface area (Å²) in [6.45, 7) is 5.54. The molecule has 0 aliphatic carbocycles. The fraction of sp³-hybridized carbons (Fsp3) is 0.304. The average molecular weight is 480 g/mol. The molecule has 4 rings (SSSR count). The molecule has 1 fully saturated rings. The zero-order chi connectivity index (χ0) is 21.1. The van der Waals surface area contributed by atoms with E-state index in [9.17, 15) is 9.18 Å². The summed E-state index contributed by atoms with van der Waals surface area (Å²) in [4.78, 5) is 15.5. The number of anilines is 1. The summed E-state index contributed by atoms with van der Waals surface area (Å²) in [6.07, 6.45) is 0. The number of hydrogen-bond donors (Lipinski definition) is 2. The largest absolute Gasteiger partial charge is 0.364 e. The van der Waals surface area contributed by atoms with Gasteiger partial charge in [0, 0.05) is 49.4 Å². The minimum atomic E-state index is -0.334. The highest BCUT2D eigenvalue weighted by atomic mass is 35.5. The van der Waals surface area contributed by atoms with Gasteiger partial charge in [0.1, 0.15) is 11.5 Å². The molecule has 1 aromatic heterocycles. The Labute approximate surface area is 199 Å². The predicted molar refractivity (Wildman–Crippen MR) is 132 cm³/mol. The van der Waals surface area contributed by atoms with Gasteiger partial charge in [-0.25, -0.2) is 9.07 Å². The number of nitrogens with two attached hydrogens (primary N) is 1. The van der Waals surface area contributed by atoms with E-state index in [-0.39, 0.29) is 42.7 Å². The van der Waals surface area contributed by atoms with Crippen LogP contribution in [0.15, 0.2) is 53.3 Å². The molecule has 3 N–H and O–H groups in total. The fourth-order valence-corrected chi connectivity index (χ4v) is 3.91. The van der Waals surface area contributed by atoms with Crippen LogP contribution in [-0.2, 0) is 13.1 Å². The normalized spacial score (nSPS) is 13.3. The second-order valence-corrected chi connectivity index (χ2v) is 7.52. The smallest absolute Gasteiger partial charge is 0.290 e. The van der Waals surface area contributed by atoms with Gasteiger partial charge in [0.2, 0.25) is 0 Å².